The van der Waals surface area contributed by atoms with Crippen molar-refractivity contribution in [2.75, 3.05) is 5.32 Å². The largest absolute Gasteiger partial charge is 0.325 e. The Bertz CT molecular complexity index is 861. The number of nitrogens with one attached hydrogen (secondary N) is 1. The van der Waals surface area contributed by atoms with Gasteiger partial charge in [0.05, 0.1) is 11.1 Å². The third-order valence-electron chi connectivity index (χ3n) is 5.17. The molecular weight excluding hydrogens is 391 g/mol. The first-order chi connectivity index (χ1) is 13.2. The molecule has 1 saturated carbocycles. The van der Waals surface area contributed by atoms with E-state index < -0.39 is 23.7 Å². The highest BCUT2D eigenvalue weighted by atomic mass is 35.5. The summed E-state index contributed by atoms with van der Waals surface area (Å²) in [5, 5.41) is 2.94. The first kappa shape index (κ1) is 20.6. The minimum atomic E-state index is -2.68. The van der Waals surface area contributed by atoms with E-state index in [1.54, 1.807) is 19.1 Å². The summed E-state index contributed by atoms with van der Waals surface area (Å²) in [4.78, 5) is 16.5. The number of amides is 1. The molecule has 1 aliphatic carbocycles. The highest BCUT2D eigenvalue weighted by molar-refractivity contribution is 6.33. The fourth-order valence-corrected chi connectivity index (χ4v) is 3.81. The van der Waals surface area contributed by atoms with E-state index in [0.29, 0.717) is 16.3 Å². The van der Waals surface area contributed by atoms with Crippen LogP contribution in [0, 0.1) is 18.7 Å². The van der Waals surface area contributed by atoms with Gasteiger partial charge in [-0.2, -0.15) is 0 Å². The molecule has 1 aliphatic rings. The average molecular weight is 412 g/mol. The van der Waals surface area contributed by atoms with Crippen LogP contribution in [0.5, 0.6) is 0 Å². The number of rotatable bonds is 4. The second-order valence-electron chi connectivity index (χ2n) is 7.16. The zero-order valence-corrected chi connectivity index (χ0v) is 16.1. The van der Waals surface area contributed by atoms with E-state index in [1.807, 2.05) is 0 Å². The number of pyridine rings is 1. The van der Waals surface area contributed by atoms with E-state index in [-0.39, 0.29) is 42.9 Å². The predicted octanol–water partition coefficient (Wildman–Crippen LogP) is 4.94. The molecule has 0 saturated heterocycles. The maximum Gasteiger partial charge on any atom is 0.248 e. The molecule has 4 nitrogen and oxygen atoms in total. The maximum atomic E-state index is 14.6. The van der Waals surface area contributed by atoms with Crippen molar-refractivity contribution in [1.29, 1.82) is 0 Å². The molecule has 1 atom stereocenters. The van der Waals surface area contributed by atoms with Crippen molar-refractivity contribution in [3.8, 4) is 11.1 Å². The Morgan fingerprint density at radius 2 is 2.00 bits per heavy atom. The van der Waals surface area contributed by atoms with Gasteiger partial charge in [0.25, 0.3) is 0 Å². The third kappa shape index (κ3) is 4.47. The van der Waals surface area contributed by atoms with Gasteiger partial charge in [-0.15, -0.1) is 0 Å². The van der Waals surface area contributed by atoms with Gasteiger partial charge < -0.3 is 11.1 Å². The first-order valence-electron chi connectivity index (χ1n) is 9.03. The molecule has 3 rings (SSSR count). The molecule has 1 heterocycles. The lowest BCUT2D eigenvalue weighted by molar-refractivity contribution is -0.120. The Morgan fingerprint density at radius 1 is 1.32 bits per heavy atom. The number of alkyl halides is 2. The highest BCUT2D eigenvalue weighted by Crippen LogP contribution is 2.37. The van der Waals surface area contributed by atoms with E-state index in [2.05, 4.69) is 10.3 Å². The molecule has 1 aromatic heterocycles. The summed E-state index contributed by atoms with van der Waals surface area (Å²) in [5.74, 6) is -4.09. The highest BCUT2D eigenvalue weighted by Gasteiger charge is 2.38. The van der Waals surface area contributed by atoms with Crippen molar-refractivity contribution in [2.24, 2.45) is 11.7 Å². The number of carbonyl (C=O) groups excluding carboxylic acids is 1. The molecule has 1 unspecified atom stereocenters. The predicted molar refractivity (Wildman–Crippen MR) is 103 cm³/mol. The van der Waals surface area contributed by atoms with Crippen LogP contribution in [0.3, 0.4) is 0 Å². The summed E-state index contributed by atoms with van der Waals surface area (Å²) in [6, 6.07) is 4.88. The van der Waals surface area contributed by atoms with Gasteiger partial charge in [0.15, 0.2) is 0 Å². The zero-order valence-electron chi connectivity index (χ0n) is 15.3. The minimum absolute atomic E-state index is 0.188. The number of aromatic nitrogens is 1. The summed E-state index contributed by atoms with van der Waals surface area (Å²) < 4.78 is 41.2. The molecule has 0 radical (unpaired) electrons. The molecule has 1 aromatic carbocycles. The number of hydrogen-bond acceptors (Lipinski definition) is 3. The molecule has 0 bridgehead atoms. The number of nitrogens with zero attached hydrogens (tertiary/aromatic N) is 1. The number of anilines is 1. The Hall–Kier alpha value is -2.12. The van der Waals surface area contributed by atoms with Gasteiger partial charge in [0, 0.05) is 41.5 Å². The quantitative estimate of drug-likeness (QED) is 0.748. The van der Waals surface area contributed by atoms with Gasteiger partial charge in [0.1, 0.15) is 5.82 Å². The van der Waals surface area contributed by atoms with Gasteiger partial charge in [0.2, 0.25) is 11.8 Å². The van der Waals surface area contributed by atoms with Crippen LogP contribution in [-0.2, 0) is 4.79 Å². The number of halogens is 4. The van der Waals surface area contributed by atoms with E-state index in [1.165, 1.54) is 18.3 Å². The van der Waals surface area contributed by atoms with Crippen LogP contribution in [-0.4, -0.2) is 22.9 Å². The normalized spacial score (nSPS) is 17.9. The molecule has 28 heavy (non-hydrogen) atoms. The second-order valence-corrected chi connectivity index (χ2v) is 7.56. The monoisotopic (exact) mass is 411 g/mol. The van der Waals surface area contributed by atoms with Crippen LogP contribution in [0.4, 0.5) is 18.9 Å². The number of carbonyl (C=O) groups is 1. The van der Waals surface area contributed by atoms with Gasteiger partial charge >= 0.3 is 0 Å². The molecule has 150 valence electrons. The zero-order chi connectivity index (χ0) is 20.5. The molecule has 1 fully saturated rings. The topological polar surface area (TPSA) is 68.0 Å². The standard InChI is InChI=1S/C20H21ClF3N3O/c1-11-17(15(21)6-9-26-11)14-3-2-13(10-16(14)22)27-19(28)18(25)12-4-7-20(23,24)8-5-12/h2-3,6,9-10,12,18H,4-5,7-8,25H2,1H3,(H,27,28). The van der Waals surface area contributed by atoms with E-state index in [0.717, 1.165) is 0 Å². The van der Waals surface area contributed by atoms with Crippen molar-refractivity contribution >= 4 is 23.2 Å². The number of aryl methyl sites for hydroxylation is 1. The Morgan fingerprint density at radius 3 is 2.61 bits per heavy atom. The smallest absolute Gasteiger partial charge is 0.248 e. The summed E-state index contributed by atoms with van der Waals surface area (Å²) in [5.41, 5.74) is 7.53. The van der Waals surface area contributed by atoms with E-state index in [4.69, 9.17) is 17.3 Å². The summed E-state index contributed by atoms with van der Waals surface area (Å²) >= 11 is 6.16. The van der Waals surface area contributed by atoms with Gasteiger partial charge in [-0.1, -0.05) is 11.6 Å². The minimum Gasteiger partial charge on any atom is -0.325 e. The molecule has 2 aromatic rings. The Kier molecular flexibility index (Phi) is 5.95. The van der Waals surface area contributed by atoms with Gasteiger partial charge in [-0.3, -0.25) is 9.78 Å². The van der Waals surface area contributed by atoms with Crippen LogP contribution in [0.15, 0.2) is 30.5 Å². The fourth-order valence-electron chi connectivity index (χ4n) is 3.52. The Labute approximate surface area is 166 Å². The van der Waals surface area contributed by atoms with Gasteiger partial charge in [-0.25, -0.2) is 13.2 Å². The molecule has 3 N–H and O–H groups in total. The summed E-state index contributed by atoms with van der Waals surface area (Å²) in [7, 11) is 0. The average Bonchev–Trinajstić information content (AvgIpc) is 2.62. The molecule has 1 amide bonds. The molecular formula is C20H21ClF3N3O. The van der Waals surface area contributed by atoms with Crippen LogP contribution in [0.1, 0.15) is 31.4 Å². The summed E-state index contributed by atoms with van der Waals surface area (Å²) in [6.45, 7) is 1.73. The number of nitrogens with two attached hydrogens (primary N) is 1. The van der Waals surface area contributed by atoms with E-state index in [9.17, 15) is 18.0 Å². The maximum absolute atomic E-state index is 14.6. The van der Waals surface area contributed by atoms with E-state index >= 15 is 0 Å². The lowest BCUT2D eigenvalue weighted by atomic mass is 9.82. The fraction of sp³-hybridized carbons (Fsp3) is 0.400. The second kappa shape index (κ2) is 8.09. The third-order valence-corrected chi connectivity index (χ3v) is 5.48. The van der Waals surface area contributed by atoms with Crippen LogP contribution < -0.4 is 11.1 Å². The van der Waals surface area contributed by atoms with Crippen molar-refractivity contribution in [1.82, 2.24) is 4.98 Å². The van der Waals surface area contributed by atoms with Gasteiger partial charge in [-0.05, 0) is 49.9 Å². The van der Waals surface area contributed by atoms with Crippen LogP contribution in [0.2, 0.25) is 5.02 Å². The first-order valence-corrected chi connectivity index (χ1v) is 9.41. The van der Waals surface area contributed by atoms with Crippen molar-refractivity contribution in [3.05, 3.63) is 47.0 Å². The molecule has 0 spiro atoms. The number of benzene rings is 1. The van der Waals surface area contributed by atoms with Crippen molar-refractivity contribution < 1.29 is 18.0 Å². The molecule has 8 heteroatoms. The SMILES string of the molecule is Cc1nccc(Cl)c1-c1ccc(NC(=O)C(N)C2CCC(F)(F)CC2)cc1F. The lowest BCUT2D eigenvalue weighted by Crippen LogP contribution is -2.44. The van der Waals surface area contributed by atoms with Crippen molar-refractivity contribution in [3.63, 3.8) is 0 Å². The summed E-state index contributed by atoms with van der Waals surface area (Å²) in [6.07, 6.45) is 1.37. The van der Waals surface area contributed by atoms with Crippen LogP contribution >= 0.6 is 11.6 Å². The molecule has 0 aliphatic heterocycles. The van der Waals surface area contributed by atoms with Crippen molar-refractivity contribution in [2.45, 2.75) is 44.6 Å². The number of hydrogen-bond donors (Lipinski definition) is 2. The Balaban J connectivity index is 1.72. The lowest BCUT2D eigenvalue weighted by Gasteiger charge is -2.31. The van der Waals surface area contributed by atoms with Crippen LogP contribution in [0.25, 0.3) is 11.1 Å².